The molecule has 0 amide bonds. The van der Waals surface area contributed by atoms with Crippen molar-refractivity contribution in [2.45, 2.75) is 13.8 Å². The van der Waals surface area contributed by atoms with Gasteiger partial charge in [-0.15, -0.1) is 0 Å². The molecule has 0 saturated heterocycles. The Kier molecular flexibility index (Phi) is 7.89. The fraction of sp³-hybridized carbons (Fsp3) is 0.238. The molecule has 0 aliphatic rings. The van der Waals surface area contributed by atoms with Crippen LogP contribution in [0.1, 0.15) is 13.8 Å². The van der Waals surface area contributed by atoms with Gasteiger partial charge in [0.2, 0.25) is 0 Å². The first kappa shape index (κ1) is 20.2. The fourth-order valence-electron chi connectivity index (χ4n) is 1.98. The molecule has 0 aliphatic carbocycles. The Morgan fingerprint density at radius 1 is 0.923 bits per heavy atom. The van der Waals surface area contributed by atoms with Crippen molar-refractivity contribution >= 4 is 23.2 Å². The van der Waals surface area contributed by atoms with Crippen LogP contribution in [0.3, 0.4) is 0 Å². The largest absolute Gasteiger partial charge is 0.489 e. The van der Waals surface area contributed by atoms with Crippen molar-refractivity contribution in [1.82, 2.24) is 0 Å². The van der Waals surface area contributed by atoms with Gasteiger partial charge in [-0.1, -0.05) is 53.6 Å². The Morgan fingerprint density at radius 2 is 1.54 bits per heavy atom. The molecule has 5 heteroatoms. The monoisotopic (exact) mass is 392 g/mol. The summed E-state index contributed by atoms with van der Waals surface area (Å²) in [4.78, 5) is 0. The van der Waals surface area contributed by atoms with Crippen LogP contribution in [-0.4, -0.2) is 19.8 Å². The van der Waals surface area contributed by atoms with E-state index in [-0.39, 0.29) is 6.61 Å². The van der Waals surface area contributed by atoms with Crippen LogP contribution in [0.25, 0.3) is 0 Å². The molecule has 0 unspecified atom stereocenters. The topological polar surface area (TPSA) is 27.7 Å². The van der Waals surface area contributed by atoms with Crippen molar-refractivity contribution in [3.63, 3.8) is 0 Å². The van der Waals surface area contributed by atoms with E-state index in [1.165, 1.54) is 5.57 Å². The van der Waals surface area contributed by atoms with Crippen LogP contribution in [0, 0.1) is 0 Å². The average Bonchev–Trinajstić information content (AvgIpc) is 2.60. The van der Waals surface area contributed by atoms with Gasteiger partial charge in [0.15, 0.2) is 5.75 Å². The first-order valence-electron chi connectivity index (χ1n) is 8.18. The van der Waals surface area contributed by atoms with Crippen molar-refractivity contribution in [3.8, 4) is 17.2 Å². The summed E-state index contributed by atoms with van der Waals surface area (Å²) in [7, 11) is 0. The average molecular weight is 393 g/mol. The molecule has 0 fully saturated rings. The summed E-state index contributed by atoms with van der Waals surface area (Å²) in [6.07, 6.45) is 1.98. The molecule has 2 rings (SSSR count). The smallest absolute Gasteiger partial charge is 0.157 e. The maximum atomic E-state index is 6.27. The number of benzene rings is 2. The lowest BCUT2D eigenvalue weighted by atomic mass is 10.3. The molecule has 0 radical (unpaired) electrons. The second-order valence-corrected chi connectivity index (χ2v) is 6.76. The van der Waals surface area contributed by atoms with Gasteiger partial charge in [0.25, 0.3) is 0 Å². The van der Waals surface area contributed by atoms with Gasteiger partial charge in [0.05, 0.1) is 10.0 Å². The van der Waals surface area contributed by atoms with Crippen molar-refractivity contribution in [3.05, 3.63) is 76.3 Å². The third-order valence-corrected chi connectivity index (χ3v) is 3.88. The minimum Gasteiger partial charge on any atom is -0.489 e. The lowest BCUT2D eigenvalue weighted by Crippen LogP contribution is -2.09. The summed E-state index contributed by atoms with van der Waals surface area (Å²) in [5.41, 5.74) is 1.95. The number of ether oxygens (including phenoxy) is 3. The first-order valence-corrected chi connectivity index (χ1v) is 8.94. The highest BCUT2D eigenvalue weighted by Gasteiger charge is 2.11. The van der Waals surface area contributed by atoms with E-state index in [4.69, 9.17) is 37.4 Å². The van der Waals surface area contributed by atoms with Crippen molar-refractivity contribution in [2.24, 2.45) is 0 Å². The number of halogens is 2. The van der Waals surface area contributed by atoms with Crippen LogP contribution in [0.2, 0.25) is 10.0 Å². The van der Waals surface area contributed by atoms with E-state index in [0.29, 0.717) is 34.8 Å². The van der Waals surface area contributed by atoms with Gasteiger partial charge in [-0.25, -0.2) is 0 Å². The molecule has 0 N–H and O–H groups in total. The Labute approximate surface area is 164 Å². The minimum absolute atomic E-state index is 0.254. The predicted octanol–water partition coefficient (Wildman–Crippen LogP) is 6.35. The lowest BCUT2D eigenvalue weighted by Gasteiger charge is -2.14. The van der Waals surface area contributed by atoms with Gasteiger partial charge >= 0.3 is 0 Å². The van der Waals surface area contributed by atoms with Gasteiger partial charge in [-0.3, -0.25) is 0 Å². The van der Waals surface area contributed by atoms with E-state index in [1.807, 2.05) is 50.3 Å². The third kappa shape index (κ3) is 6.66. The molecule has 0 bridgehead atoms. The summed E-state index contributed by atoms with van der Waals surface area (Å²) in [6, 6.07) is 12.9. The number of para-hydroxylation sites is 1. The van der Waals surface area contributed by atoms with Crippen molar-refractivity contribution in [1.29, 1.82) is 0 Å². The first-order chi connectivity index (χ1) is 12.5. The van der Waals surface area contributed by atoms with E-state index in [9.17, 15) is 0 Å². The normalized spacial score (nSPS) is 10.2. The summed E-state index contributed by atoms with van der Waals surface area (Å²) >= 11 is 12.5. The molecule has 0 saturated carbocycles. The third-order valence-electron chi connectivity index (χ3n) is 3.32. The molecule has 138 valence electrons. The second-order valence-electron chi connectivity index (χ2n) is 5.95. The highest BCUT2D eigenvalue weighted by Crippen LogP contribution is 2.37. The highest BCUT2D eigenvalue weighted by atomic mass is 35.5. The summed E-state index contributed by atoms with van der Waals surface area (Å²) in [5.74, 6) is 1.78. The maximum Gasteiger partial charge on any atom is 0.157 e. The van der Waals surface area contributed by atoms with Crippen LogP contribution in [-0.2, 0) is 0 Å². The highest BCUT2D eigenvalue weighted by molar-refractivity contribution is 6.37. The molecule has 0 aliphatic heterocycles. The van der Waals surface area contributed by atoms with E-state index >= 15 is 0 Å². The molecule has 0 heterocycles. The standard InChI is InChI=1S/C21H22Cl2O3/c1-15(2)9-10-24-18-11-19(22)21(20(23)12-18)26-14-16(3)13-25-17-7-5-4-6-8-17/h4-9,11-12H,3,10,13-14H2,1-2H3. The van der Waals surface area contributed by atoms with Crippen LogP contribution >= 0.6 is 23.2 Å². The molecule has 26 heavy (non-hydrogen) atoms. The molecular formula is C21H22Cl2O3. The zero-order valence-corrected chi connectivity index (χ0v) is 16.4. The van der Waals surface area contributed by atoms with Gasteiger partial charge in [0, 0.05) is 12.1 Å². The van der Waals surface area contributed by atoms with E-state index in [1.54, 1.807) is 12.1 Å². The summed E-state index contributed by atoms with van der Waals surface area (Å²) < 4.78 is 16.9. The predicted molar refractivity (Wildman–Crippen MR) is 108 cm³/mol. The van der Waals surface area contributed by atoms with Crippen LogP contribution in [0.5, 0.6) is 17.2 Å². The Balaban J connectivity index is 1.88. The van der Waals surface area contributed by atoms with Gasteiger partial charge in [0.1, 0.15) is 31.3 Å². The molecule has 0 aromatic heterocycles. The van der Waals surface area contributed by atoms with Crippen molar-refractivity contribution < 1.29 is 14.2 Å². The lowest BCUT2D eigenvalue weighted by molar-refractivity contribution is 0.301. The van der Waals surface area contributed by atoms with Gasteiger partial charge in [-0.2, -0.15) is 0 Å². The number of hydrogen-bond acceptors (Lipinski definition) is 3. The summed E-state index contributed by atoms with van der Waals surface area (Å²) in [6.45, 7) is 9.03. The van der Waals surface area contributed by atoms with Crippen LogP contribution in [0.15, 0.2) is 66.3 Å². The maximum absolute atomic E-state index is 6.27. The zero-order chi connectivity index (χ0) is 18.9. The SMILES string of the molecule is C=C(COc1ccccc1)COc1c(Cl)cc(OCC=C(C)C)cc1Cl. The van der Waals surface area contributed by atoms with E-state index in [0.717, 1.165) is 11.3 Å². The van der Waals surface area contributed by atoms with Gasteiger partial charge in [-0.05, 0) is 37.6 Å². The number of rotatable bonds is 9. The van der Waals surface area contributed by atoms with Crippen LogP contribution < -0.4 is 14.2 Å². The zero-order valence-electron chi connectivity index (χ0n) is 14.9. The Morgan fingerprint density at radius 3 is 2.15 bits per heavy atom. The Bertz CT molecular complexity index is 743. The van der Waals surface area contributed by atoms with Crippen LogP contribution in [0.4, 0.5) is 0 Å². The molecule has 2 aromatic rings. The molecule has 3 nitrogen and oxygen atoms in total. The quantitative estimate of drug-likeness (QED) is 0.465. The van der Waals surface area contributed by atoms with Gasteiger partial charge < -0.3 is 14.2 Å². The number of allylic oxidation sites excluding steroid dienone is 1. The minimum atomic E-state index is 0.254. The molecule has 0 atom stereocenters. The second kappa shape index (κ2) is 10.1. The Hall–Kier alpha value is -2.10. The van der Waals surface area contributed by atoms with E-state index < -0.39 is 0 Å². The van der Waals surface area contributed by atoms with E-state index in [2.05, 4.69) is 6.58 Å². The molecular weight excluding hydrogens is 371 g/mol. The molecule has 0 spiro atoms. The fourth-order valence-corrected chi connectivity index (χ4v) is 2.56. The number of hydrogen-bond donors (Lipinski definition) is 0. The molecule has 2 aromatic carbocycles. The van der Waals surface area contributed by atoms with Crippen molar-refractivity contribution in [2.75, 3.05) is 19.8 Å². The summed E-state index contributed by atoms with van der Waals surface area (Å²) in [5, 5.41) is 0.781.